The van der Waals surface area contributed by atoms with Crippen molar-refractivity contribution in [2.45, 2.75) is 10.8 Å². The van der Waals surface area contributed by atoms with E-state index in [1.54, 1.807) is 30.4 Å². The summed E-state index contributed by atoms with van der Waals surface area (Å²) >= 11 is 4.87. The second kappa shape index (κ2) is 4.61. The Morgan fingerprint density at radius 1 is 1.43 bits per heavy atom. The van der Waals surface area contributed by atoms with Gasteiger partial charge in [-0.05, 0) is 28.1 Å². The van der Waals surface area contributed by atoms with Crippen LogP contribution in [0.15, 0.2) is 44.8 Å². The van der Waals surface area contributed by atoms with E-state index in [0.717, 1.165) is 21.1 Å². The molecule has 3 nitrogen and oxygen atoms in total. The fourth-order valence-electron chi connectivity index (χ4n) is 0.935. The van der Waals surface area contributed by atoms with Gasteiger partial charge < -0.3 is 4.42 Å². The predicted molar refractivity (Wildman–Crippen MR) is 58.0 cm³/mol. The van der Waals surface area contributed by atoms with E-state index in [0.29, 0.717) is 0 Å². The van der Waals surface area contributed by atoms with Gasteiger partial charge in [0.15, 0.2) is 0 Å². The van der Waals surface area contributed by atoms with Crippen LogP contribution in [-0.2, 0) is 5.75 Å². The Hall–Kier alpha value is -0.810. The van der Waals surface area contributed by atoms with Crippen LogP contribution in [0.5, 0.6) is 0 Å². The third-order valence-electron chi connectivity index (χ3n) is 1.53. The molecule has 0 aromatic carbocycles. The largest absolute Gasteiger partial charge is 0.468 e. The molecule has 0 radical (unpaired) electrons. The summed E-state index contributed by atoms with van der Waals surface area (Å²) in [6.45, 7) is 0. The second-order valence-electron chi connectivity index (χ2n) is 2.55. The summed E-state index contributed by atoms with van der Waals surface area (Å²) in [5.74, 6) is 1.72. The van der Waals surface area contributed by atoms with Gasteiger partial charge in [0.25, 0.3) is 0 Å². The van der Waals surface area contributed by atoms with E-state index in [1.165, 1.54) is 0 Å². The van der Waals surface area contributed by atoms with Gasteiger partial charge in [-0.1, -0.05) is 11.8 Å². The maximum absolute atomic E-state index is 5.20. The first-order chi connectivity index (χ1) is 6.84. The van der Waals surface area contributed by atoms with Crippen molar-refractivity contribution in [3.8, 4) is 0 Å². The molecule has 0 aliphatic carbocycles. The third kappa shape index (κ3) is 2.59. The number of hydrogen-bond acceptors (Lipinski definition) is 4. The summed E-state index contributed by atoms with van der Waals surface area (Å²) in [6.07, 6.45) is 5.07. The molecule has 72 valence electrons. The number of thioether (sulfide) groups is 1. The highest BCUT2D eigenvalue weighted by molar-refractivity contribution is 9.10. The van der Waals surface area contributed by atoms with Crippen molar-refractivity contribution in [3.05, 3.63) is 41.2 Å². The summed E-state index contributed by atoms with van der Waals surface area (Å²) < 4.78 is 5.96. The lowest BCUT2D eigenvalue weighted by Gasteiger charge is -1.97. The molecule has 0 spiro atoms. The van der Waals surface area contributed by atoms with Gasteiger partial charge >= 0.3 is 0 Å². The van der Waals surface area contributed by atoms with Gasteiger partial charge in [0, 0.05) is 0 Å². The summed E-state index contributed by atoms with van der Waals surface area (Å²) in [6, 6.07) is 3.82. The topological polar surface area (TPSA) is 38.9 Å². The molecule has 0 bridgehead atoms. The quantitative estimate of drug-likeness (QED) is 0.804. The van der Waals surface area contributed by atoms with E-state index >= 15 is 0 Å². The zero-order chi connectivity index (χ0) is 9.80. The fraction of sp³-hybridized carbons (Fsp3) is 0.111. The number of aromatic nitrogens is 2. The van der Waals surface area contributed by atoms with E-state index in [2.05, 4.69) is 25.9 Å². The van der Waals surface area contributed by atoms with Crippen LogP contribution in [0.4, 0.5) is 0 Å². The molecule has 0 atom stereocenters. The fourth-order valence-corrected chi connectivity index (χ4v) is 2.11. The molecule has 0 unspecified atom stereocenters. The molecule has 2 aromatic heterocycles. The molecule has 0 N–H and O–H groups in total. The third-order valence-corrected chi connectivity index (χ3v) is 2.83. The minimum Gasteiger partial charge on any atom is -0.468 e. The summed E-state index contributed by atoms with van der Waals surface area (Å²) in [5, 5.41) is 0.885. The Balaban J connectivity index is 1.98. The van der Waals surface area contributed by atoms with E-state index in [1.807, 2.05) is 12.1 Å². The van der Waals surface area contributed by atoms with Crippen LogP contribution in [-0.4, -0.2) is 9.97 Å². The monoisotopic (exact) mass is 270 g/mol. The summed E-state index contributed by atoms with van der Waals surface area (Å²) in [4.78, 5) is 8.27. The zero-order valence-corrected chi connectivity index (χ0v) is 9.59. The van der Waals surface area contributed by atoms with Gasteiger partial charge in [-0.2, -0.15) is 0 Å². The normalized spacial score (nSPS) is 10.4. The summed E-state index contributed by atoms with van der Waals surface area (Å²) in [5.41, 5.74) is 0. The van der Waals surface area contributed by atoms with Gasteiger partial charge in [0.2, 0.25) is 0 Å². The van der Waals surface area contributed by atoms with Gasteiger partial charge in [-0.25, -0.2) is 4.98 Å². The van der Waals surface area contributed by atoms with Crippen molar-refractivity contribution in [3.63, 3.8) is 0 Å². The first-order valence-corrected chi connectivity index (χ1v) is 5.75. The van der Waals surface area contributed by atoms with Crippen molar-refractivity contribution in [2.75, 3.05) is 0 Å². The standard InChI is InChI=1S/C9H7BrN2OS/c10-8-4-11-5-9(12-8)14-6-7-2-1-3-13-7/h1-5H,6H2. The molecule has 2 rings (SSSR count). The van der Waals surface area contributed by atoms with Gasteiger partial charge in [0.05, 0.1) is 24.4 Å². The van der Waals surface area contributed by atoms with Crippen molar-refractivity contribution in [2.24, 2.45) is 0 Å². The van der Waals surface area contributed by atoms with Gasteiger partial charge in [-0.3, -0.25) is 4.98 Å². The van der Waals surface area contributed by atoms with Crippen LogP contribution in [0, 0.1) is 0 Å². The Bertz CT molecular complexity index is 405. The Morgan fingerprint density at radius 3 is 3.07 bits per heavy atom. The number of rotatable bonds is 3. The molecule has 14 heavy (non-hydrogen) atoms. The van der Waals surface area contributed by atoms with Gasteiger partial charge in [-0.15, -0.1) is 0 Å². The number of halogens is 1. The molecule has 0 amide bonds. The van der Waals surface area contributed by atoms with E-state index in [9.17, 15) is 0 Å². The second-order valence-corrected chi connectivity index (χ2v) is 4.36. The lowest BCUT2D eigenvalue weighted by molar-refractivity contribution is 0.530. The van der Waals surface area contributed by atoms with Crippen LogP contribution in [0.25, 0.3) is 0 Å². The highest BCUT2D eigenvalue weighted by atomic mass is 79.9. The molecular formula is C9H7BrN2OS. The highest BCUT2D eigenvalue weighted by Crippen LogP contribution is 2.21. The SMILES string of the molecule is Brc1cncc(SCc2ccco2)n1. The van der Waals surface area contributed by atoms with Crippen LogP contribution in [0.1, 0.15) is 5.76 Å². The zero-order valence-electron chi connectivity index (χ0n) is 7.18. The van der Waals surface area contributed by atoms with Crippen molar-refractivity contribution >= 4 is 27.7 Å². The van der Waals surface area contributed by atoms with Crippen LogP contribution >= 0.6 is 27.7 Å². The molecule has 0 aliphatic heterocycles. The molecule has 0 saturated heterocycles. The highest BCUT2D eigenvalue weighted by Gasteiger charge is 2.00. The predicted octanol–water partition coefficient (Wildman–Crippen LogP) is 3.12. The average molecular weight is 271 g/mol. The minimum absolute atomic E-state index is 0.752. The molecule has 0 fully saturated rings. The molecule has 2 aromatic rings. The number of furan rings is 1. The van der Waals surface area contributed by atoms with Crippen molar-refractivity contribution < 1.29 is 4.42 Å². The lowest BCUT2D eigenvalue weighted by Crippen LogP contribution is -1.84. The Labute approximate surface area is 94.1 Å². The van der Waals surface area contributed by atoms with E-state index in [-0.39, 0.29) is 0 Å². The minimum atomic E-state index is 0.752. The van der Waals surface area contributed by atoms with Gasteiger partial charge in [0.1, 0.15) is 15.4 Å². The lowest BCUT2D eigenvalue weighted by atomic mass is 10.5. The molecule has 0 aliphatic rings. The van der Waals surface area contributed by atoms with E-state index < -0.39 is 0 Å². The first kappa shape index (κ1) is 9.73. The number of nitrogens with zero attached hydrogens (tertiary/aromatic N) is 2. The Morgan fingerprint density at radius 2 is 2.36 bits per heavy atom. The van der Waals surface area contributed by atoms with Crippen molar-refractivity contribution in [1.82, 2.24) is 9.97 Å². The van der Waals surface area contributed by atoms with Crippen LogP contribution in [0.3, 0.4) is 0 Å². The number of hydrogen-bond donors (Lipinski definition) is 0. The van der Waals surface area contributed by atoms with Crippen LogP contribution in [0.2, 0.25) is 0 Å². The maximum Gasteiger partial charge on any atom is 0.125 e. The molecule has 2 heterocycles. The van der Waals surface area contributed by atoms with E-state index in [4.69, 9.17) is 4.42 Å². The molecule has 5 heteroatoms. The van der Waals surface area contributed by atoms with Crippen molar-refractivity contribution in [1.29, 1.82) is 0 Å². The first-order valence-electron chi connectivity index (χ1n) is 3.97. The van der Waals surface area contributed by atoms with Crippen LogP contribution < -0.4 is 0 Å². The molecular weight excluding hydrogens is 264 g/mol. The Kier molecular flexibility index (Phi) is 3.21. The maximum atomic E-state index is 5.20. The average Bonchev–Trinajstić information content (AvgIpc) is 2.67. The smallest absolute Gasteiger partial charge is 0.125 e. The summed E-state index contributed by atoms with van der Waals surface area (Å²) in [7, 11) is 0. The molecule has 0 saturated carbocycles.